The molecule has 0 bridgehead atoms. The van der Waals surface area contributed by atoms with Gasteiger partial charge in [0.15, 0.2) is 5.13 Å². The second-order valence-corrected chi connectivity index (χ2v) is 7.70. The summed E-state index contributed by atoms with van der Waals surface area (Å²) in [5.41, 5.74) is 7.85. The maximum Gasteiger partial charge on any atom is 0.263 e. The quantitative estimate of drug-likeness (QED) is 0.688. The maximum absolute atomic E-state index is 12.3. The fourth-order valence-corrected chi connectivity index (χ4v) is 4.23. The molecule has 3 rings (SSSR count). The molecule has 0 radical (unpaired) electrons. The van der Waals surface area contributed by atoms with Crippen molar-refractivity contribution in [3.8, 4) is 11.3 Å². The first-order valence-electron chi connectivity index (χ1n) is 6.54. The fraction of sp³-hybridized carbons (Fsp3) is 0. The van der Waals surface area contributed by atoms with Crippen LogP contribution in [0.1, 0.15) is 0 Å². The molecule has 118 valence electrons. The largest absolute Gasteiger partial charge is 0.399 e. The molecule has 0 unspecified atom stereocenters. The number of nitrogens with one attached hydrogen (secondary N) is 1. The lowest BCUT2D eigenvalue weighted by Gasteiger charge is -2.05. The average molecular weight is 366 g/mol. The fourth-order valence-electron chi connectivity index (χ4n) is 1.96. The zero-order valence-electron chi connectivity index (χ0n) is 11.7. The second kappa shape index (κ2) is 6.19. The molecule has 0 spiro atoms. The molecule has 2 aromatic carbocycles. The van der Waals surface area contributed by atoms with Gasteiger partial charge in [-0.2, -0.15) is 0 Å². The van der Waals surface area contributed by atoms with Crippen LogP contribution in [-0.2, 0) is 10.0 Å². The summed E-state index contributed by atoms with van der Waals surface area (Å²) < 4.78 is 27.1. The molecule has 3 aromatic rings. The molecule has 0 aliphatic carbocycles. The van der Waals surface area contributed by atoms with E-state index in [4.69, 9.17) is 17.3 Å². The number of nitrogen functional groups attached to an aromatic ring is 1. The van der Waals surface area contributed by atoms with Gasteiger partial charge in [0.2, 0.25) is 0 Å². The first kappa shape index (κ1) is 15.8. The van der Waals surface area contributed by atoms with E-state index in [1.807, 2.05) is 12.1 Å². The molecule has 8 heteroatoms. The van der Waals surface area contributed by atoms with Gasteiger partial charge in [0, 0.05) is 21.7 Å². The Balaban J connectivity index is 1.87. The van der Waals surface area contributed by atoms with Gasteiger partial charge in [0.05, 0.1) is 10.6 Å². The molecular formula is C15H12ClN3O2S2. The number of hydrogen-bond donors (Lipinski definition) is 2. The van der Waals surface area contributed by atoms with Crippen LogP contribution < -0.4 is 10.5 Å². The Hall–Kier alpha value is -2.09. The third-order valence-corrected chi connectivity index (χ3v) is 5.47. The highest BCUT2D eigenvalue weighted by Gasteiger charge is 2.16. The number of sulfonamides is 1. The summed E-state index contributed by atoms with van der Waals surface area (Å²) in [5.74, 6) is 0. The third-order valence-electron chi connectivity index (χ3n) is 3.01. The zero-order valence-corrected chi connectivity index (χ0v) is 14.1. The van der Waals surface area contributed by atoms with Crippen LogP contribution in [0.25, 0.3) is 11.3 Å². The summed E-state index contributed by atoms with van der Waals surface area (Å²) in [7, 11) is -3.72. The monoisotopic (exact) mass is 365 g/mol. The lowest BCUT2D eigenvalue weighted by atomic mass is 10.1. The van der Waals surface area contributed by atoms with Crippen LogP contribution in [0, 0.1) is 0 Å². The van der Waals surface area contributed by atoms with Gasteiger partial charge in [0.1, 0.15) is 0 Å². The van der Waals surface area contributed by atoms with Gasteiger partial charge in [-0.05, 0) is 30.3 Å². The van der Waals surface area contributed by atoms with Crippen LogP contribution in [0.15, 0.2) is 58.8 Å². The van der Waals surface area contributed by atoms with Crippen molar-refractivity contribution in [3.05, 3.63) is 58.9 Å². The topological polar surface area (TPSA) is 85.1 Å². The van der Waals surface area contributed by atoms with Crippen LogP contribution in [0.5, 0.6) is 0 Å². The molecule has 0 atom stereocenters. The standard InChI is InChI=1S/C15H12ClN3O2S2/c16-11-4-2-6-13(8-11)23(20,21)19-15-18-14(9-22-15)10-3-1-5-12(17)7-10/h1-9H,17H2,(H,18,19). The van der Waals surface area contributed by atoms with Gasteiger partial charge in [-0.15, -0.1) is 11.3 Å². The summed E-state index contributed by atoms with van der Waals surface area (Å²) in [6.45, 7) is 0. The van der Waals surface area contributed by atoms with E-state index in [1.54, 1.807) is 29.6 Å². The Morgan fingerprint density at radius 1 is 1.13 bits per heavy atom. The van der Waals surface area contributed by atoms with Crippen molar-refractivity contribution >= 4 is 43.8 Å². The van der Waals surface area contributed by atoms with Gasteiger partial charge >= 0.3 is 0 Å². The lowest BCUT2D eigenvalue weighted by Crippen LogP contribution is -2.12. The Morgan fingerprint density at radius 2 is 1.91 bits per heavy atom. The molecule has 0 amide bonds. The number of aromatic nitrogens is 1. The second-order valence-electron chi connectivity index (χ2n) is 4.73. The summed E-state index contributed by atoms with van der Waals surface area (Å²) >= 11 is 7.04. The number of halogens is 1. The van der Waals surface area contributed by atoms with E-state index >= 15 is 0 Å². The molecule has 1 heterocycles. The number of nitrogens with zero attached hydrogens (tertiary/aromatic N) is 1. The lowest BCUT2D eigenvalue weighted by molar-refractivity contribution is 0.601. The van der Waals surface area contributed by atoms with Crippen LogP contribution in [0.4, 0.5) is 10.8 Å². The number of hydrogen-bond acceptors (Lipinski definition) is 5. The van der Waals surface area contributed by atoms with Crippen molar-refractivity contribution in [1.29, 1.82) is 0 Å². The highest BCUT2D eigenvalue weighted by Crippen LogP contribution is 2.28. The van der Waals surface area contributed by atoms with Gasteiger partial charge in [-0.3, -0.25) is 4.72 Å². The van der Waals surface area contributed by atoms with E-state index in [9.17, 15) is 8.42 Å². The van der Waals surface area contributed by atoms with E-state index < -0.39 is 10.0 Å². The summed E-state index contributed by atoms with van der Waals surface area (Å²) in [6.07, 6.45) is 0. The number of thiazole rings is 1. The van der Waals surface area contributed by atoms with Crippen molar-refractivity contribution < 1.29 is 8.42 Å². The predicted molar refractivity (Wildman–Crippen MR) is 94.2 cm³/mol. The Kier molecular flexibility index (Phi) is 4.25. The van der Waals surface area contributed by atoms with Gasteiger partial charge in [-0.1, -0.05) is 29.8 Å². The van der Waals surface area contributed by atoms with E-state index in [0.29, 0.717) is 16.4 Å². The molecule has 0 fully saturated rings. The van der Waals surface area contributed by atoms with Crippen molar-refractivity contribution in [2.45, 2.75) is 4.90 Å². The molecule has 3 N–H and O–H groups in total. The third kappa shape index (κ3) is 3.64. The van der Waals surface area contributed by atoms with Crippen molar-refractivity contribution in [2.24, 2.45) is 0 Å². The first-order valence-corrected chi connectivity index (χ1v) is 9.28. The predicted octanol–water partition coefficient (Wildman–Crippen LogP) is 3.85. The van der Waals surface area contributed by atoms with E-state index in [0.717, 1.165) is 5.56 Å². The molecule has 23 heavy (non-hydrogen) atoms. The minimum Gasteiger partial charge on any atom is -0.399 e. The number of rotatable bonds is 4. The summed E-state index contributed by atoms with van der Waals surface area (Å²) in [5, 5.41) is 2.40. The van der Waals surface area contributed by atoms with Crippen LogP contribution in [0.2, 0.25) is 5.02 Å². The molecule has 1 aromatic heterocycles. The molecule has 5 nitrogen and oxygen atoms in total. The van der Waals surface area contributed by atoms with E-state index in [2.05, 4.69) is 9.71 Å². The summed E-state index contributed by atoms with van der Waals surface area (Å²) in [6, 6.07) is 13.3. The average Bonchev–Trinajstić information content (AvgIpc) is 2.95. The maximum atomic E-state index is 12.3. The molecule has 0 saturated carbocycles. The minimum absolute atomic E-state index is 0.0886. The van der Waals surface area contributed by atoms with Crippen LogP contribution >= 0.6 is 22.9 Å². The Labute approximate surface area is 142 Å². The van der Waals surface area contributed by atoms with Crippen LogP contribution in [0.3, 0.4) is 0 Å². The number of benzene rings is 2. The molecule has 0 saturated heterocycles. The summed E-state index contributed by atoms with van der Waals surface area (Å²) in [4.78, 5) is 4.38. The normalized spacial score (nSPS) is 11.3. The SMILES string of the molecule is Nc1cccc(-c2csc(NS(=O)(=O)c3cccc(Cl)c3)n2)c1. The van der Waals surface area contributed by atoms with Crippen molar-refractivity contribution in [2.75, 3.05) is 10.5 Å². The van der Waals surface area contributed by atoms with Gasteiger partial charge in [-0.25, -0.2) is 13.4 Å². The van der Waals surface area contributed by atoms with Crippen molar-refractivity contribution in [1.82, 2.24) is 4.98 Å². The number of nitrogens with two attached hydrogens (primary N) is 1. The smallest absolute Gasteiger partial charge is 0.263 e. The highest BCUT2D eigenvalue weighted by molar-refractivity contribution is 7.93. The molecule has 0 aliphatic heterocycles. The van der Waals surface area contributed by atoms with E-state index in [1.165, 1.54) is 23.5 Å². The van der Waals surface area contributed by atoms with Crippen molar-refractivity contribution in [3.63, 3.8) is 0 Å². The number of anilines is 2. The zero-order chi connectivity index (χ0) is 16.4. The molecule has 0 aliphatic rings. The van der Waals surface area contributed by atoms with Crippen LogP contribution in [-0.4, -0.2) is 13.4 Å². The van der Waals surface area contributed by atoms with Gasteiger partial charge in [0.25, 0.3) is 10.0 Å². The minimum atomic E-state index is -3.72. The Bertz CT molecular complexity index is 955. The highest BCUT2D eigenvalue weighted by atomic mass is 35.5. The van der Waals surface area contributed by atoms with Gasteiger partial charge < -0.3 is 5.73 Å². The van der Waals surface area contributed by atoms with E-state index in [-0.39, 0.29) is 10.0 Å². The Morgan fingerprint density at radius 3 is 2.65 bits per heavy atom. The first-order chi connectivity index (χ1) is 10.9. The molecular weight excluding hydrogens is 354 g/mol.